The maximum absolute atomic E-state index is 11.9. The third kappa shape index (κ3) is 4.95. The third-order valence-corrected chi connectivity index (χ3v) is 3.97. The molecule has 0 aliphatic rings. The molecule has 0 saturated heterocycles. The molecular formula is C19H26N2O2. The number of nitrogens with one attached hydrogen (secondary N) is 1. The average molecular weight is 314 g/mol. The van der Waals surface area contributed by atoms with E-state index in [1.54, 1.807) is 0 Å². The van der Waals surface area contributed by atoms with Crippen molar-refractivity contribution in [2.45, 2.75) is 59.4 Å². The Morgan fingerprint density at radius 1 is 1.17 bits per heavy atom. The molecule has 0 aliphatic carbocycles. The van der Waals surface area contributed by atoms with E-state index in [2.05, 4.69) is 55.3 Å². The first-order valence-electron chi connectivity index (χ1n) is 8.05. The summed E-state index contributed by atoms with van der Waals surface area (Å²) < 4.78 is 5.45. The van der Waals surface area contributed by atoms with Crippen LogP contribution in [-0.2, 0) is 23.2 Å². The average Bonchev–Trinajstić information content (AvgIpc) is 2.81. The number of hydrogen-bond donors (Lipinski definition) is 1. The van der Waals surface area contributed by atoms with Crippen LogP contribution < -0.4 is 5.32 Å². The Balaban J connectivity index is 1.80. The monoisotopic (exact) mass is 314 g/mol. The van der Waals surface area contributed by atoms with Gasteiger partial charge in [0.15, 0.2) is 0 Å². The van der Waals surface area contributed by atoms with Crippen LogP contribution in [0.2, 0.25) is 0 Å². The van der Waals surface area contributed by atoms with Crippen molar-refractivity contribution in [1.82, 2.24) is 10.3 Å². The van der Waals surface area contributed by atoms with Crippen LogP contribution in [0.1, 0.15) is 55.7 Å². The molecule has 1 amide bonds. The van der Waals surface area contributed by atoms with E-state index < -0.39 is 0 Å². The lowest BCUT2D eigenvalue weighted by Gasteiger charge is -2.19. The molecule has 2 rings (SSSR count). The molecule has 23 heavy (non-hydrogen) atoms. The highest BCUT2D eigenvalue weighted by Gasteiger charge is 2.13. The Kier molecular flexibility index (Phi) is 5.24. The molecule has 1 heterocycles. The van der Waals surface area contributed by atoms with Crippen molar-refractivity contribution in [1.29, 1.82) is 0 Å². The molecule has 1 aromatic heterocycles. The largest absolute Gasteiger partial charge is 0.444 e. The van der Waals surface area contributed by atoms with E-state index in [0.29, 0.717) is 18.9 Å². The van der Waals surface area contributed by atoms with Crippen LogP contribution in [0.15, 0.2) is 28.7 Å². The molecule has 124 valence electrons. The summed E-state index contributed by atoms with van der Waals surface area (Å²) in [7, 11) is 0. The van der Waals surface area contributed by atoms with Crippen molar-refractivity contribution >= 4 is 5.91 Å². The standard InChI is InChI=1S/C19H26N2O2/c1-13-14(2)23-18(21-13)12-20-17(22)11-8-15-6-9-16(10-7-15)19(3,4)5/h6-7,9-10H,8,11-12H2,1-5H3,(H,20,22). The molecule has 0 spiro atoms. The van der Waals surface area contributed by atoms with Crippen LogP contribution in [0, 0.1) is 13.8 Å². The first-order valence-corrected chi connectivity index (χ1v) is 8.05. The second-order valence-corrected chi connectivity index (χ2v) is 6.97. The van der Waals surface area contributed by atoms with Crippen molar-refractivity contribution in [3.63, 3.8) is 0 Å². The van der Waals surface area contributed by atoms with Gasteiger partial charge in [0.25, 0.3) is 0 Å². The molecule has 0 atom stereocenters. The molecule has 2 aromatic rings. The van der Waals surface area contributed by atoms with Gasteiger partial charge in [-0.05, 0) is 36.8 Å². The zero-order valence-corrected chi connectivity index (χ0v) is 14.7. The maximum atomic E-state index is 11.9. The molecule has 4 heteroatoms. The number of oxazole rings is 1. The number of aryl methyl sites for hydroxylation is 3. The minimum absolute atomic E-state index is 0.0124. The van der Waals surface area contributed by atoms with Gasteiger partial charge < -0.3 is 9.73 Å². The first kappa shape index (κ1) is 17.3. The van der Waals surface area contributed by atoms with Crippen LogP contribution in [0.25, 0.3) is 0 Å². The Morgan fingerprint density at radius 2 is 1.83 bits per heavy atom. The Labute approximate surface area is 138 Å². The van der Waals surface area contributed by atoms with Crippen LogP contribution in [0.5, 0.6) is 0 Å². The van der Waals surface area contributed by atoms with Gasteiger partial charge in [-0.2, -0.15) is 0 Å². The number of carbonyl (C=O) groups is 1. The number of aromatic nitrogens is 1. The highest BCUT2D eigenvalue weighted by Crippen LogP contribution is 2.22. The molecule has 0 radical (unpaired) electrons. The van der Waals surface area contributed by atoms with Gasteiger partial charge in [0.2, 0.25) is 11.8 Å². The highest BCUT2D eigenvalue weighted by molar-refractivity contribution is 5.76. The molecule has 1 aromatic carbocycles. The second kappa shape index (κ2) is 6.99. The topological polar surface area (TPSA) is 55.1 Å². The number of rotatable bonds is 5. The van der Waals surface area contributed by atoms with Crippen LogP contribution in [-0.4, -0.2) is 10.9 Å². The van der Waals surface area contributed by atoms with E-state index >= 15 is 0 Å². The van der Waals surface area contributed by atoms with E-state index in [1.807, 2.05) is 13.8 Å². The SMILES string of the molecule is Cc1nc(CNC(=O)CCc2ccc(C(C)(C)C)cc2)oc1C. The minimum Gasteiger partial charge on any atom is -0.444 e. The van der Waals surface area contributed by atoms with Crippen molar-refractivity contribution in [3.05, 3.63) is 52.7 Å². The summed E-state index contributed by atoms with van der Waals surface area (Å²) in [5.41, 5.74) is 3.51. The molecule has 4 nitrogen and oxygen atoms in total. The van der Waals surface area contributed by atoms with Gasteiger partial charge in [0.05, 0.1) is 12.2 Å². The Morgan fingerprint density at radius 3 is 2.35 bits per heavy atom. The summed E-state index contributed by atoms with van der Waals surface area (Å²) in [5, 5.41) is 2.85. The number of benzene rings is 1. The summed E-state index contributed by atoms with van der Waals surface area (Å²) in [6.07, 6.45) is 1.20. The van der Waals surface area contributed by atoms with Gasteiger partial charge in [-0.3, -0.25) is 4.79 Å². The van der Waals surface area contributed by atoms with Gasteiger partial charge in [-0.1, -0.05) is 45.0 Å². The molecular weight excluding hydrogens is 288 g/mol. The molecule has 0 saturated carbocycles. The predicted octanol–water partition coefficient (Wildman–Crippen LogP) is 3.84. The van der Waals surface area contributed by atoms with Crippen LogP contribution in [0.3, 0.4) is 0 Å². The van der Waals surface area contributed by atoms with E-state index in [0.717, 1.165) is 17.9 Å². The number of carbonyl (C=O) groups excluding carboxylic acids is 1. The molecule has 1 N–H and O–H groups in total. The number of nitrogens with zero attached hydrogens (tertiary/aromatic N) is 1. The summed E-state index contributed by atoms with van der Waals surface area (Å²) in [4.78, 5) is 16.2. The highest BCUT2D eigenvalue weighted by atomic mass is 16.4. The fourth-order valence-electron chi connectivity index (χ4n) is 2.31. The number of hydrogen-bond acceptors (Lipinski definition) is 3. The van der Waals surface area contributed by atoms with Gasteiger partial charge in [0.1, 0.15) is 5.76 Å². The quantitative estimate of drug-likeness (QED) is 0.912. The lowest BCUT2D eigenvalue weighted by atomic mass is 9.86. The first-order chi connectivity index (χ1) is 10.8. The van der Waals surface area contributed by atoms with Crippen molar-refractivity contribution in [2.24, 2.45) is 0 Å². The summed E-state index contributed by atoms with van der Waals surface area (Å²) in [5.74, 6) is 1.37. The van der Waals surface area contributed by atoms with Gasteiger partial charge >= 0.3 is 0 Å². The van der Waals surface area contributed by atoms with Gasteiger partial charge in [0, 0.05) is 6.42 Å². The summed E-state index contributed by atoms with van der Waals surface area (Å²) in [6, 6.07) is 8.50. The fourth-order valence-corrected chi connectivity index (χ4v) is 2.31. The zero-order chi connectivity index (χ0) is 17.0. The van der Waals surface area contributed by atoms with E-state index in [4.69, 9.17) is 4.42 Å². The molecule has 0 unspecified atom stereocenters. The zero-order valence-electron chi connectivity index (χ0n) is 14.7. The molecule has 0 aliphatic heterocycles. The van der Waals surface area contributed by atoms with Crippen LogP contribution >= 0.6 is 0 Å². The van der Waals surface area contributed by atoms with Crippen LogP contribution in [0.4, 0.5) is 0 Å². The minimum atomic E-state index is 0.0124. The predicted molar refractivity (Wildman–Crippen MR) is 91.3 cm³/mol. The second-order valence-electron chi connectivity index (χ2n) is 6.97. The Bertz CT molecular complexity index is 644. The van der Waals surface area contributed by atoms with E-state index in [1.165, 1.54) is 11.1 Å². The van der Waals surface area contributed by atoms with Gasteiger partial charge in [-0.15, -0.1) is 0 Å². The lowest BCUT2D eigenvalue weighted by Crippen LogP contribution is -2.23. The van der Waals surface area contributed by atoms with Crippen molar-refractivity contribution in [2.75, 3.05) is 0 Å². The Hall–Kier alpha value is -2.10. The van der Waals surface area contributed by atoms with Crippen molar-refractivity contribution < 1.29 is 9.21 Å². The smallest absolute Gasteiger partial charge is 0.220 e. The maximum Gasteiger partial charge on any atom is 0.220 e. The molecule has 0 bridgehead atoms. The lowest BCUT2D eigenvalue weighted by molar-refractivity contribution is -0.121. The normalized spacial score (nSPS) is 11.5. The fraction of sp³-hybridized carbons (Fsp3) is 0.474. The summed E-state index contributed by atoms with van der Waals surface area (Å²) >= 11 is 0. The van der Waals surface area contributed by atoms with Gasteiger partial charge in [-0.25, -0.2) is 4.98 Å². The number of amides is 1. The van der Waals surface area contributed by atoms with E-state index in [-0.39, 0.29) is 11.3 Å². The van der Waals surface area contributed by atoms with Crippen molar-refractivity contribution in [3.8, 4) is 0 Å². The molecule has 0 fully saturated rings. The third-order valence-electron chi connectivity index (χ3n) is 3.97. The summed E-state index contributed by atoms with van der Waals surface area (Å²) in [6.45, 7) is 10.7. The van der Waals surface area contributed by atoms with E-state index in [9.17, 15) is 4.79 Å².